The number of piperazine rings is 1. The molecule has 0 saturated carbocycles. The van der Waals surface area contributed by atoms with E-state index in [2.05, 4.69) is 25.4 Å². The lowest BCUT2D eigenvalue weighted by molar-refractivity contribution is 0.0746. The van der Waals surface area contributed by atoms with Gasteiger partial charge in [0.25, 0.3) is 5.91 Å². The molecule has 1 aliphatic heterocycles. The van der Waals surface area contributed by atoms with Gasteiger partial charge in [0.05, 0.1) is 16.7 Å². The van der Waals surface area contributed by atoms with Crippen molar-refractivity contribution < 1.29 is 4.79 Å². The van der Waals surface area contributed by atoms with Crippen LogP contribution in [0, 0.1) is 0 Å². The van der Waals surface area contributed by atoms with Gasteiger partial charge in [0.2, 0.25) is 5.95 Å². The molecule has 0 atom stereocenters. The Kier molecular flexibility index (Phi) is 5.21. The van der Waals surface area contributed by atoms with Crippen LogP contribution in [0.25, 0.3) is 16.7 Å². The predicted octanol–water partition coefficient (Wildman–Crippen LogP) is 0.648. The minimum Gasteiger partial charge on any atom is -0.336 e. The maximum Gasteiger partial charge on any atom is 0.316 e. The summed E-state index contributed by atoms with van der Waals surface area (Å²) in [4.78, 5) is 43.5. The highest BCUT2D eigenvalue weighted by atomic mass is 16.2. The van der Waals surface area contributed by atoms with Crippen LogP contribution in [0.3, 0.4) is 0 Å². The summed E-state index contributed by atoms with van der Waals surface area (Å²) in [5, 5.41) is 12.1. The number of H-pyrrole nitrogens is 1. The molecule has 0 aliphatic carbocycles. The van der Waals surface area contributed by atoms with E-state index in [-0.39, 0.29) is 5.91 Å². The minimum absolute atomic E-state index is 0.130. The van der Waals surface area contributed by atoms with Crippen molar-refractivity contribution in [3.8, 4) is 5.69 Å². The first kappa shape index (κ1) is 20.6. The van der Waals surface area contributed by atoms with Gasteiger partial charge in [-0.1, -0.05) is 23.3 Å². The van der Waals surface area contributed by atoms with Gasteiger partial charge in [0.1, 0.15) is 0 Å². The number of nitrogens with zero attached hydrogens (tertiary/aromatic N) is 7. The first-order valence-electron chi connectivity index (χ1n) is 10.7. The molecule has 0 bridgehead atoms. The summed E-state index contributed by atoms with van der Waals surface area (Å²) in [6, 6.07) is 14.7. The standard InChI is InChI=1S/C22H22N8O3/c1-2-29-18-9-8-15(14-17(18)23-19(31)21(29)33)20(32)27-10-12-28(13-11-27)22-24-25-26-30(22)16-6-4-3-5-7-16/h3-9,14H,2,10-13H2,1H3,(H,23,31). The summed E-state index contributed by atoms with van der Waals surface area (Å²) in [5.74, 6) is 0.503. The van der Waals surface area contributed by atoms with Gasteiger partial charge in [-0.05, 0) is 47.7 Å². The molecule has 4 aromatic rings. The van der Waals surface area contributed by atoms with Crippen molar-refractivity contribution in [2.24, 2.45) is 0 Å². The molecule has 1 aliphatic rings. The second kappa shape index (κ2) is 8.34. The predicted molar refractivity (Wildman–Crippen MR) is 122 cm³/mol. The maximum atomic E-state index is 13.1. The van der Waals surface area contributed by atoms with Crippen LogP contribution in [0.5, 0.6) is 0 Å². The fourth-order valence-electron chi connectivity index (χ4n) is 4.13. The zero-order valence-electron chi connectivity index (χ0n) is 18.0. The van der Waals surface area contributed by atoms with E-state index in [1.807, 2.05) is 30.3 Å². The average Bonchev–Trinajstić information content (AvgIpc) is 3.35. The highest BCUT2D eigenvalue weighted by molar-refractivity contribution is 5.97. The Morgan fingerprint density at radius 3 is 2.52 bits per heavy atom. The number of benzene rings is 2. The highest BCUT2D eigenvalue weighted by Gasteiger charge is 2.26. The lowest BCUT2D eigenvalue weighted by Crippen LogP contribution is -2.49. The molecule has 1 N–H and O–H groups in total. The Hall–Kier alpha value is -4.28. The van der Waals surface area contributed by atoms with Gasteiger partial charge in [0, 0.05) is 38.3 Å². The zero-order chi connectivity index (χ0) is 22.9. The summed E-state index contributed by atoms with van der Waals surface area (Å²) >= 11 is 0. The molecule has 2 aromatic carbocycles. The summed E-state index contributed by atoms with van der Waals surface area (Å²) < 4.78 is 3.09. The molecule has 0 spiro atoms. The molecule has 11 heteroatoms. The van der Waals surface area contributed by atoms with E-state index < -0.39 is 11.1 Å². The Labute approximate surface area is 187 Å². The van der Waals surface area contributed by atoms with Crippen LogP contribution < -0.4 is 16.0 Å². The summed E-state index contributed by atoms with van der Waals surface area (Å²) in [7, 11) is 0. The second-order valence-electron chi connectivity index (χ2n) is 7.74. The van der Waals surface area contributed by atoms with Crippen LogP contribution in [0.2, 0.25) is 0 Å². The average molecular weight is 446 g/mol. The Balaban J connectivity index is 1.34. The number of fused-ring (bicyclic) bond motifs is 1. The number of aromatic nitrogens is 6. The van der Waals surface area contributed by atoms with Gasteiger partial charge >= 0.3 is 11.1 Å². The van der Waals surface area contributed by atoms with E-state index in [1.54, 1.807) is 34.7 Å². The fourth-order valence-corrected chi connectivity index (χ4v) is 4.13. The number of para-hydroxylation sites is 1. The molecule has 11 nitrogen and oxygen atoms in total. The summed E-state index contributed by atoms with van der Waals surface area (Å²) in [6.07, 6.45) is 0. The van der Waals surface area contributed by atoms with Crippen LogP contribution >= 0.6 is 0 Å². The molecule has 1 saturated heterocycles. The molecule has 1 fully saturated rings. The number of hydrogen-bond donors (Lipinski definition) is 1. The number of aromatic amines is 1. The van der Waals surface area contributed by atoms with E-state index in [9.17, 15) is 14.4 Å². The van der Waals surface area contributed by atoms with Gasteiger partial charge < -0.3 is 19.4 Å². The molecule has 33 heavy (non-hydrogen) atoms. The fraction of sp³-hybridized carbons (Fsp3) is 0.273. The molecule has 2 aromatic heterocycles. The lowest BCUT2D eigenvalue weighted by Gasteiger charge is -2.34. The lowest BCUT2D eigenvalue weighted by atomic mass is 10.1. The van der Waals surface area contributed by atoms with Crippen LogP contribution in [-0.2, 0) is 6.54 Å². The van der Waals surface area contributed by atoms with Gasteiger partial charge in [0.15, 0.2) is 0 Å². The van der Waals surface area contributed by atoms with Crippen LogP contribution in [0.1, 0.15) is 17.3 Å². The maximum absolute atomic E-state index is 13.1. The number of amides is 1. The zero-order valence-corrected chi connectivity index (χ0v) is 18.0. The number of rotatable bonds is 4. The van der Waals surface area contributed by atoms with Crippen LogP contribution in [0.15, 0.2) is 58.1 Å². The number of tetrazole rings is 1. The van der Waals surface area contributed by atoms with Gasteiger partial charge in [-0.25, -0.2) is 0 Å². The SMILES string of the molecule is CCn1c(=O)c(=O)[nH]c2cc(C(=O)N3CCN(c4nnnn4-c4ccccc4)CC3)ccc21. The summed E-state index contributed by atoms with van der Waals surface area (Å²) in [5.41, 5.74) is 1.09. The van der Waals surface area contributed by atoms with Gasteiger partial charge in [-0.3, -0.25) is 14.4 Å². The number of carbonyl (C=O) groups excluding carboxylic acids is 1. The Morgan fingerprint density at radius 1 is 1.03 bits per heavy atom. The minimum atomic E-state index is -0.696. The van der Waals surface area contributed by atoms with Crippen LogP contribution in [-0.4, -0.2) is 66.7 Å². The van der Waals surface area contributed by atoms with Crippen molar-refractivity contribution in [3.05, 3.63) is 74.8 Å². The second-order valence-corrected chi connectivity index (χ2v) is 7.74. The molecule has 3 heterocycles. The highest BCUT2D eigenvalue weighted by Crippen LogP contribution is 2.19. The topological polar surface area (TPSA) is 122 Å². The first-order chi connectivity index (χ1) is 16.1. The van der Waals surface area contributed by atoms with E-state index in [4.69, 9.17) is 0 Å². The Morgan fingerprint density at radius 2 is 1.79 bits per heavy atom. The molecular formula is C22H22N8O3. The summed E-state index contributed by atoms with van der Waals surface area (Å²) in [6.45, 7) is 4.34. The number of anilines is 1. The molecule has 5 rings (SSSR count). The monoisotopic (exact) mass is 446 g/mol. The number of hydrogen-bond acceptors (Lipinski definition) is 7. The smallest absolute Gasteiger partial charge is 0.316 e. The van der Waals surface area contributed by atoms with E-state index >= 15 is 0 Å². The van der Waals surface area contributed by atoms with Crippen molar-refractivity contribution in [2.45, 2.75) is 13.5 Å². The van der Waals surface area contributed by atoms with Crippen molar-refractivity contribution in [1.82, 2.24) is 34.7 Å². The van der Waals surface area contributed by atoms with E-state index in [0.717, 1.165) is 5.69 Å². The van der Waals surface area contributed by atoms with E-state index in [1.165, 1.54) is 4.57 Å². The number of carbonyl (C=O) groups is 1. The van der Waals surface area contributed by atoms with E-state index in [0.29, 0.717) is 55.3 Å². The molecule has 0 radical (unpaired) electrons. The quantitative estimate of drug-likeness (QED) is 0.457. The third-order valence-electron chi connectivity index (χ3n) is 5.84. The van der Waals surface area contributed by atoms with Crippen molar-refractivity contribution in [2.75, 3.05) is 31.1 Å². The number of aryl methyl sites for hydroxylation is 1. The largest absolute Gasteiger partial charge is 0.336 e. The third kappa shape index (κ3) is 3.67. The molecule has 1 amide bonds. The number of nitrogens with one attached hydrogen (secondary N) is 1. The first-order valence-corrected chi connectivity index (χ1v) is 10.7. The van der Waals surface area contributed by atoms with Crippen molar-refractivity contribution >= 4 is 22.9 Å². The Bertz CT molecular complexity index is 1430. The normalized spacial score (nSPS) is 14.1. The molecule has 168 valence electrons. The van der Waals surface area contributed by atoms with Crippen molar-refractivity contribution in [1.29, 1.82) is 0 Å². The van der Waals surface area contributed by atoms with Gasteiger partial charge in [-0.15, -0.1) is 0 Å². The van der Waals surface area contributed by atoms with Crippen molar-refractivity contribution in [3.63, 3.8) is 0 Å². The molecular weight excluding hydrogens is 424 g/mol. The molecule has 0 unspecified atom stereocenters. The third-order valence-corrected chi connectivity index (χ3v) is 5.84. The van der Waals surface area contributed by atoms with Crippen LogP contribution in [0.4, 0.5) is 5.95 Å². The van der Waals surface area contributed by atoms with Gasteiger partial charge in [-0.2, -0.15) is 4.68 Å².